The maximum Gasteiger partial charge on any atom is 0.230 e. The standard InChI is InChI=1S/C19H24N4O3S/c1-3-25-14-8-7-13(11-15(14)26-4-2)16(22-9-5-6-10-22)17-18(24)23-19(27-17)20-12-21-23/h7-8,11-12,16,24H,3-6,9-10H2,1-2H3. The lowest BCUT2D eigenvalue weighted by atomic mass is 10.0. The Morgan fingerprint density at radius 2 is 1.89 bits per heavy atom. The summed E-state index contributed by atoms with van der Waals surface area (Å²) in [4.78, 5) is 8.19. The van der Waals surface area contributed by atoms with Crippen LogP contribution in [0.3, 0.4) is 0 Å². The minimum atomic E-state index is -0.0594. The number of nitrogens with zero attached hydrogens (tertiary/aromatic N) is 4. The Morgan fingerprint density at radius 1 is 1.15 bits per heavy atom. The SMILES string of the molecule is CCOc1ccc(C(c2sc3ncnn3c2O)N2CCCC2)cc1OCC. The van der Waals surface area contributed by atoms with Crippen molar-refractivity contribution < 1.29 is 14.6 Å². The quantitative estimate of drug-likeness (QED) is 0.668. The summed E-state index contributed by atoms with van der Waals surface area (Å²) >= 11 is 1.48. The fraction of sp³-hybridized carbons (Fsp3) is 0.474. The van der Waals surface area contributed by atoms with Crippen LogP contribution in [0.4, 0.5) is 0 Å². The molecule has 1 fully saturated rings. The molecule has 0 radical (unpaired) electrons. The van der Waals surface area contributed by atoms with Gasteiger partial charge >= 0.3 is 0 Å². The van der Waals surface area contributed by atoms with Crippen LogP contribution in [0.1, 0.15) is 43.2 Å². The van der Waals surface area contributed by atoms with Crippen LogP contribution >= 0.6 is 11.3 Å². The van der Waals surface area contributed by atoms with Crippen molar-refractivity contribution in [3.8, 4) is 17.4 Å². The third kappa shape index (κ3) is 3.35. The lowest BCUT2D eigenvalue weighted by Gasteiger charge is -2.27. The Kier molecular flexibility index (Phi) is 5.18. The fourth-order valence-electron chi connectivity index (χ4n) is 3.64. The zero-order valence-corrected chi connectivity index (χ0v) is 16.4. The Bertz CT molecular complexity index is 917. The number of hydrogen-bond acceptors (Lipinski definition) is 7. The minimum Gasteiger partial charge on any atom is -0.492 e. The Hall–Kier alpha value is -2.32. The van der Waals surface area contributed by atoms with Gasteiger partial charge in [0.05, 0.1) is 24.1 Å². The molecule has 144 valence electrons. The second-order valence-corrected chi connectivity index (χ2v) is 7.47. The molecule has 7 nitrogen and oxygen atoms in total. The normalized spacial score (nSPS) is 16.1. The van der Waals surface area contributed by atoms with Crippen LogP contribution in [0.15, 0.2) is 24.5 Å². The van der Waals surface area contributed by atoms with Gasteiger partial charge in [-0.2, -0.15) is 9.61 Å². The van der Waals surface area contributed by atoms with E-state index in [0.29, 0.717) is 18.2 Å². The molecule has 0 bridgehead atoms. The molecule has 0 spiro atoms. The molecular formula is C19H24N4O3S. The van der Waals surface area contributed by atoms with E-state index < -0.39 is 0 Å². The van der Waals surface area contributed by atoms with Crippen LogP contribution < -0.4 is 9.47 Å². The summed E-state index contributed by atoms with van der Waals surface area (Å²) in [6.45, 7) is 7.07. The Labute approximate surface area is 162 Å². The molecule has 1 aromatic carbocycles. The number of rotatable bonds is 7. The van der Waals surface area contributed by atoms with Gasteiger partial charge in [0, 0.05) is 0 Å². The maximum absolute atomic E-state index is 10.8. The predicted molar refractivity (Wildman–Crippen MR) is 104 cm³/mol. The number of ether oxygens (including phenoxy) is 2. The van der Waals surface area contributed by atoms with Crippen molar-refractivity contribution in [1.82, 2.24) is 19.5 Å². The largest absolute Gasteiger partial charge is 0.492 e. The highest BCUT2D eigenvalue weighted by Gasteiger charge is 2.31. The lowest BCUT2D eigenvalue weighted by Crippen LogP contribution is -2.26. The third-order valence-electron chi connectivity index (χ3n) is 4.78. The molecule has 1 saturated heterocycles. The molecule has 1 N–H and O–H groups in total. The van der Waals surface area contributed by atoms with Crippen molar-refractivity contribution in [1.29, 1.82) is 0 Å². The van der Waals surface area contributed by atoms with Crippen molar-refractivity contribution in [3.05, 3.63) is 35.0 Å². The fourth-order valence-corrected chi connectivity index (χ4v) is 4.73. The average Bonchev–Trinajstić information content (AvgIpc) is 3.39. The van der Waals surface area contributed by atoms with Crippen LogP contribution in [0.25, 0.3) is 4.96 Å². The molecule has 1 unspecified atom stereocenters. The van der Waals surface area contributed by atoms with Gasteiger partial charge in [-0.25, -0.2) is 4.98 Å². The summed E-state index contributed by atoms with van der Waals surface area (Å²) in [5.41, 5.74) is 1.07. The summed E-state index contributed by atoms with van der Waals surface area (Å²) in [6.07, 6.45) is 3.78. The van der Waals surface area contributed by atoms with Crippen LogP contribution in [0, 0.1) is 0 Å². The van der Waals surface area contributed by atoms with E-state index in [1.807, 2.05) is 26.0 Å². The monoisotopic (exact) mass is 388 g/mol. The first-order chi connectivity index (χ1) is 13.2. The number of benzene rings is 1. The first kappa shape index (κ1) is 18.1. The number of thiazole rings is 1. The first-order valence-corrected chi connectivity index (χ1v) is 10.2. The van der Waals surface area contributed by atoms with E-state index in [4.69, 9.17) is 9.47 Å². The minimum absolute atomic E-state index is 0.0594. The number of hydrogen-bond donors (Lipinski definition) is 1. The number of likely N-dealkylation sites (tertiary alicyclic amines) is 1. The van der Waals surface area contributed by atoms with Gasteiger partial charge in [0.1, 0.15) is 6.33 Å². The third-order valence-corrected chi connectivity index (χ3v) is 5.86. The van der Waals surface area contributed by atoms with E-state index in [2.05, 4.69) is 21.0 Å². The summed E-state index contributed by atoms with van der Waals surface area (Å²) in [7, 11) is 0. The van der Waals surface area contributed by atoms with Gasteiger partial charge in [0.15, 0.2) is 11.5 Å². The van der Waals surface area contributed by atoms with E-state index in [0.717, 1.165) is 47.9 Å². The Morgan fingerprint density at radius 3 is 2.59 bits per heavy atom. The summed E-state index contributed by atoms with van der Waals surface area (Å²) in [5, 5.41) is 14.9. The zero-order chi connectivity index (χ0) is 18.8. The highest BCUT2D eigenvalue weighted by Crippen LogP contribution is 2.43. The molecule has 3 heterocycles. The summed E-state index contributed by atoms with van der Waals surface area (Å²) in [6, 6.07) is 6.00. The second kappa shape index (κ2) is 7.74. The summed E-state index contributed by atoms with van der Waals surface area (Å²) < 4.78 is 13.0. The van der Waals surface area contributed by atoms with Gasteiger partial charge in [0.25, 0.3) is 0 Å². The molecule has 0 saturated carbocycles. The highest BCUT2D eigenvalue weighted by atomic mass is 32.1. The van der Waals surface area contributed by atoms with Crippen molar-refractivity contribution in [3.63, 3.8) is 0 Å². The molecule has 4 rings (SSSR count). The van der Waals surface area contributed by atoms with E-state index in [-0.39, 0.29) is 11.9 Å². The molecule has 0 amide bonds. The maximum atomic E-state index is 10.8. The number of fused-ring (bicyclic) bond motifs is 1. The Balaban J connectivity index is 1.80. The highest BCUT2D eigenvalue weighted by molar-refractivity contribution is 7.17. The summed E-state index contributed by atoms with van der Waals surface area (Å²) in [5.74, 6) is 1.64. The molecule has 1 aliphatic rings. The van der Waals surface area contributed by atoms with E-state index in [9.17, 15) is 5.11 Å². The van der Waals surface area contributed by atoms with Gasteiger partial charge in [-0.05, 0) is 57.5 Å². The first-order valence-electron chi connectivity index (χ1n) is 9.37. The average molecular weight is 388 g/mol. The molecular weight excluding hydrogens is 364 g/mol. The molecule has 27 heavy (non-hydrogen) atoms. The zero-order valence-electron chi connectivity index (χ0n) is 15.6. The van der Waals surface area contributed by atoms with Gasteiger partial charge in [0.2, 0.25) is 10.8 Å². The van der Waals surface area contributed by atoms with E-state index in [1.165, 1.54) is 22.2 Å². The lowest BCUT2D eigenvalue weighted by molar-refractivity contribution is 0.271. The van der Waals surface area contributed by atoms with Crippen LogP contribution in [-0.2, 0) is 0 Å². The molecule has 2 aromatic heterocycles. The molecule has 1 aliphatic heterocycles. The molecule has 8 heteroatoms. The van der Waals surface area contributed by atoms with Crippen LogP contribution in [-0.4, -0.2) is 50.9 Å². The number of aromatic hydroxyl groups is 1. The van der Waals surface area contributed by atoms with E-state index in [1.54, 1.807) is 0 Å². The van der Waals surface area contributed by atoms with Crippen LogP contribution in [0.2, 0.25) is 0 Å². The van der Waals surface area contributed by atoms with Crippen molar-refractivity contribution in [2.24, 2.45) is 0 Å². The van der Waals surface area contributed by atoms with Gasteiger partial charge in [-0.15, -0.1) is 0 Å². The second-order valence-electron chi connectivity index (χ2n) is 6.46. The smallest absolute Gasteiger partial charge is 0.230 e. The van der Waals surface area contributed by atoms with Crippen LogP contribution in [0.5, 0.6) is 17.4 Å². The molecule has 0 aliphatic carbocycles. The van der Waals surface area contributed by atoms with Crippen molar-refractivity contribution >= 4 is 16.3 Å². The molecule has 3 aromatic rings. The number of aromatic nitrogens is 3. The van der Waals surface area contributed by atoms with Crippen molar-refractivity contribution in [2.75, 3.05) is 26.3 Å². The van der Waals surface area contributed by atoms with Gasteiger partial charge < -0.3 is 14.6 Å². The van der Waals surface area contributed by atoms with Gasteiger partial charge in [-0.3, -0.25) is 4.90 Å². The van der Waals surface area contributed by atoms with E-state index >= 15 is 0 Å². The van der Waals surface area contributed by atoms with Crippen molar-refractivity contribution in [2.45, 2.75) is 32.7 Å². The van der Waals surface area contributed by atoms with Gasteiger partial charge in [-0.1, -0.05) is 17.4 Å². The molecule has 1 atom stereocenters. The predicted octanol–water partition coefficient (Wildman–Crippen LogP) is 3.48. The topological polar surface area (TPSA) is 72.1 Å².